The third-order valence-electron chi connectivity index (χ3n) is 3.15. The Bertz CT molecular complexity index is 802. The molecule has 0 atom stereocenters. The monoisotopic (exact) mass is 310 g/mol. The quantitative estimate of drug-likeness (QED) is 0.702. The van der Waals surface area contributed by atoms with Gasteiger partial charge in [-0.15, -0.1) is 0 Å². The van der Waals surface area contributed by atoms with E-state index >= 15 is 0 Å². The van der Waals surface area contributed by atoms with Crippen molar-refractivity contribution in [3.63, 3.8) is 0 Å². The maximum atomic E-state index is 11.9. The van der Waals surface area contributed by atoms with Crippen LogP contribution in [0.1, 0.15) is 12.3 Å². The number of phenolic OH excluding ortho intramolecular Hbond substituents is 1. The van der Waals surface area contributed by atoms with Crippen LogP contribution in [0.3, 0.4) is 0 Å². The largest absolute Gasteiger partial charge is 0.506 e. The second kappa shape index (κ2) is 6.69. The van der Waals surface area contributed by atoms with E-state index < -0.39 is 0 Å². The highest BCUT2D eigenvalue weighted by Crippen LogP contribution is 2.21. The molecule has 0 spiro atoms. The van der Waals surface area contributed by atoms with E-state index in [4.69, 9.17) is 4.52 Å². The minimum Gasteiger partial charge on any atom is -0.506 e. The zero-order valence-corrected chi connectivity index (χ0v) is 12.1. The van der Waals surface area contributed by atoms with Crippen LogP contribution in [0.4, 0.5) is 5.69 Å². The molecule has 116 valence electrons. The van der Waals surface area contributed by atoms with Gasteiger partial charge in [-0.25, -0.2) is 0 Å². The number of anilines is 1. The molecule has 0 unspecified atom stereocenters. The average Bonchev–Trinajstić information content (AvgIpc) is 3.05. The third kappa shape index (κ3) is 3.70. The van der Waals surface area contributed by atoms with Gasteiger partial charge in [-0.05, 0) is 24.3 Å². The van der Waals surface area contributed by atoms with Gasteiger partial charge in [-0.3, -0.25) is 9.78 Å². The van der Waals surface area contributed by atoms with E-state index in [1.165, 1.54) is 6.07 Å². The van der Waals surface area contributed by atoms with Crippen LogP contribution in [0.5, 0.6) is 5.75 Å². The van der Waals surface area contributed by atoms with Crippen molar-refractivity contribution >= 4 is 11.6 Å². The molecular formula is C16H14N4O3. The first-order chi connectivity index (χ1) is 11.2. The number of carbonyl (C=O) groups excluding carboxylic acids is 1. The number of aromatic nitrogens is 3. The lowest BCUT2D eigenvalue weighted by Crippen LogP contribution is -2.12. The van der Waals surface area contributed by atoms with Gasteiger partial charge in [0.15, 0.2) is 0 Å². The second-order valence-electron chi connectivity index (χ2n) is 4.81. The van der Waals surface area contributed by atoms with Gasteiger partial charge in [0.05, 0.1) is 5.69 Å². The van der Waals surface area contributed by atoms with Gasteiger partial charge >= 0.3 is 0 Å². The van der Waals surface area contributed by atoms with Crippen molar-refractivity contribution in [2.45, 2.75) is 12.8 Å². The van der Waals surface area contributed by atoms with Crippen LogP contribution in [0, 0.1) is 0 Å². The number of carbonyl (C=O) groups is 1. The molecule has 0 aliphatic heterocycles. The molecule has 0 fully saturated rings. The fourth-order valence-electron chi connectivity index (χ4n) is 1.99. The molecule has 0 aliphatic rings. The standard InChI is InChI=1S/C16H14N4O3/c21-13-4-2-1-3-12(13)18-14(22)5-6-15-19-16(20-23-15)11-7-9-17-10-8-11/h1-4,7-10,21H,5-6H2,(H,18,22). The predicted octanol–water partition coefficient (Wildman–Crippen LogP) is 2.41. The summed E-state index contributed by atoms with van der Waals surface area (Å²) in [6, 6.07) is 10.1. The van der Waals surface area contributed by atoms with Gasteiger partial charge in [0.1, 0.15) is 5.75 Å². The summed E-state index contributed by atoms with van der Waals surface area (Å²) < 4.78 is 5.13. The summed E-state index contributed by atoms with van der Waals surface area (Å²) in [5, 5.41) is 16.1. The van der Waals surface area contributed by atoms with E-state index in [-0.39, 0.29) is 18.1 Å². The Morgan fingerprint density at radius 1 is 1.17 bits per heavy atom. The molecule has 0 radical (unpaired) electrons. The summed E-state index contributed by atoms with van der Waals surface area (Å²) in [6.45, 7) is 0. The maximum Gasteiger partial charge on any atom is 0.227 e. The van der Waals surface area contributed by atoms with Crippen LogP contribution in [0.15, 0.2) is 53.3 Å². The second-order valence-corrected chi connectivity index (χ2v) is 4.81. The molecule has 7 nitrogen and oxygen atoms in total. The number of aryl methyl sites for hydroxylation is 1. The van der Waals surface area contributed by atoms with Gasteiger partial charge in [0.25, 0.3) is 0 Å². The van der Waals surface area contributed by atoms with Crippen LogP contribution in [-0.4, -0.2) is 26.1 Å². The van der Waals surface area contributed by atoms with Gasteiger partial charge in [0.2, 0.25) is 17.6 Å². The highest BCUT2D eigenvalue weighted by molar-refractivity contribution is 5.92. The number of hydrogen-bond acceptors (Lipinski definition) is 6. The van der Waals surface area contributed by atoms with Gasteiger partial charge in [-0.2, -0.15) is 4.98 Å². The number of pyridine rings is 1. The highest BCUT2D eigenvalue weighted by Gasteiger charge is 2.11. The summed E-state index contributed by atoms with van der Waals surface area (Å²) in [4.78, 5) is 20.1. The highest BCUT2D eigenvalue weighted by atomic mass is 16.5. The van der Waals surface area contributed by atoms with E-state index in [0.717, 1.165) is 5.56 Å². The molecule has 0 saturated heterocycles. The van der Waals surface area contributed by atoms with Crippen molar-refractivity contribution in [1.29, 1.82) is 0 Å². The zero-order chi connectivity index (χ0) is 16.1. The lowest BCUT2D eigenvalue weighted by Gasteiger charge is -2.05. The fourth-order valence-corrected chi connectivity index (χ4v) is 1.99. The molecule has 0 aliphatic carbocycles. The normalized spacial score (nSPS) is 10.4. The van der Waals surface area contributed by atoms with E-state index in [0.29, 0.717) is 23.8 Å². The topological polar surface area (TPSA) is 101 Å². The molecule has 2 heterocycles. The third-order valence-corrected chi connectivity index (χ3v) is 3.15. The minimum absolute atomic E-state index is 0.0265. The van der Waals surface area contributed by atoms with E-state index in [2.05, 4.69) is 20.4 Å². The van der Waals surface area contributed by atoms with Crippen LogP contribution in [0.2, 0.25) is 0 Å². The Kier molecular flexibility index (Phi) is 4.28. The van der Waals surface area contributed by atoms with E-state index in [1.54, 1.807) is 42.7 Å². The number of hydrogen-bond donors (Lipinski definition) is 2. The first kappa shape index (κ1) is 14.7. The molecule has 3 rings (SSSR count). The van der Waals surface area contributed by atoms with Gasteiger partial charge < -0.3 is 14.9 Å². The van der Waals surface area contributed by atoms with Crippen molar-refractivity contribution in [3.8, 4) is 17.1 Å². The van der Waals surface area contributed by atoms with Crippen molar-refractivity contribution in [1.82, 2.24) is 15.1 Å². The molecule has 7 heteroatoms. The summed E-state index contributed by atoms with van der Waals surface area (Å²) in [6.07, 6.45) is 3.78. The Hall–Kier alpha value is -3.22. The molecule has 0 saturated carbocycles. The van der Waals surface area contributed by atoms with Crippen LogP contribution in [0.25, 0.3) is 11.4 Å². The minimum atomic E-state index is -0.241. The lowest BCUT2D eigenvalue weighted by atomic mass is 10.2. The van der Waals surface area contributed by atoms with Crippen LogP contribution in [-0.2, 0) is 11.2 Å². The molecule has 1 amide bonds. The zero-order valence-electron chi connectivity index (χ0n) is 12.1. The smallest absolute Gasteiger partial charge is 0.227 e. The fraction of sp³-hybridized carbons (Fsp3) is 0.125. The van der Waals surface area contributed by atoms with Crippen LogP contribution < -0.4 is 5.32 Å². The number of benzene rings is 1. The Morgan fingerprint density at radius 2 is 1.96 bits per heavy atom. The maximum absolute atomic E-state index is 11.9. The van der Waals surface area contributed by atoms with Gasteiger partial charge in [0, 0.05) is 30.8 Å². The average molecular weight is 310 g/mol. The number of phenols is 1. The van der Waals surface area contributed by atoms with Crippen molar-refractivity contribution < 1.29 is 14.4 Å². The molecule has 2 N–H and O–H groups in total. The lowest BCUT2D eigenvalue weighted by molar-refractivity contribution is -0.116. The Morgan fingerprint density at radius 3 is 2.74 bits per heavy atom. The SMILES string of the molecule is O=C(CCc1nc(-c2ccncc2)no1)Nc1ccccc1O. The van der Waals surface area contributed by atoms with E-state index in [1.807, 2.05) is 0 Å². The Balaban J connectivity index is 1.58. The molecule has 0 bridgehead atoms. The van der Waals surface area contributed by atoms with E-state index in [9.17, 15) is 9.90 Å². The van der Waals surface area contributed by atoms with Crippen molar-refractivity contribution in [3.05, 3.63) is 54.7 Å². The molecule has 3 aromatic rings. The Labute approximate surface area is 132 Å². The number of amides is 1. The summed E-state index contributed by atoms with van der Waals surface area (Å²) in [7, 11) is 0. The number of nitrogens with zero attached hydrogens (tertiary/aromatic N) is 3. The summed E-state index contributed by atoms with van der Waals surface area (Å²) in [5.41, 5.74) is 1.18. The molecule has 2 aromatic heterocycles. The number of nitrogens with one attached hydrogen (secondary N) is 1. The number of para-hydroxylation sites is 2. The summed E-state index contributed by atoms with van der Waals surface area (Å²) in [5.74, 6) is 0.626. The number of rotatable bonds is 5. The predicted molar refractivity (Wildman–Crippen MR) is 82.6 cm³/mol. The van der Waals surface area contributed by atoms with Gasteiger partial charge in [-0.1, -0.05) is 17.3 Å². The van der Waals surface area contributed by atoms with Crippen LogP contribution >= 0.6 is 0 Å². The first-order valence-electron chi connectivity index (χ1n) is 7.03. The molecule has 23 heavy (non-hydrogen) atoms. The molecular weight excluding hydrogens is 296 g/mol. The van der Waals surface area contributed by atoms with Crippen molar-refractivity contribution in [2.24, 2.45) is 0 Å². The first-order valence-corrected chi connectivity index (χ1v) is 7.03. The summed E-state index contributed by atoms with van der Waals surface area (Å²) >= 11 is 0. The number of aromatic hydroxyl groups is 1. The molecule has 1 aromatic carbocycles. The van der Waals surface area contributed by atoms with Crippen molar-refractivity contribution in [2.75, 3.05) is 5.32 Å².